The van der Waals surface area contributed by atoms with E-state index in [1.807, 2.05) is 58.3 Å². The van der Waals surface area contributed by atoms with Crippen molar-refractivity contribution < 1.29 is 14.6 Å². The number of aliphatic hydroxyl groups excluding tert-OH is 1. The summed E-state index contributed by atoms with van der Waals surface area (Å²) in [6.07, 6.45) is 4.95. The van der Waals surface area contributed by atoms with E-state index < -0.39 is 16.7 Å². The van der Waals surface area contributed by atoms with Crippen molar-refractivity contribution >= 4 is 23.2 Å². The number of aliphatic hydroxyl groups is 1. The van der Waals surface area contributed by atoms with Gasteiger partial charge in [0.25, 0.3) is 5.91 Å². The highest BCUT2D eigenvalue weighted by Crippen LogP contribution is 2.60. The van der Waals surface area contributed by atoms with Gasteiger partial charge in [-0.25, -0.2) is 4.98 Å². The van der Waals surface area contributed by atoms with Crippen LogP contribution in [0, 0.1) is 6.92 Å². The Morgan fingerprint density at radius 3 is 2.56 bits per heavy atom. The highest BCUT2D eigenvalue weighted by atomic mass is 35.5. The minimum Gasteiger partial charge on any atom is -0.393 e. The van der Waals surface area contributed by atoms with Gasteiger partial charge in [0, 0.05) is 49.0 Å². The molecule has 4 aromatic rings. The van der Waals surface area contributed by atoms with Gasteiger partial charge in [0.05, 0.1) is 29.0 Å². The summed E-state index contributed by atoms with van der Waals surface area (Å²) in [4.78, 5) is 18.1. The van der Waals surface area contributed by atoms with Crippen molar-refractivity contribution in [3.63, 3.8) is 0 Å². The summed E-state index contributed by atoms with van der Waals surface area (Å²) >= 11 is 6.80. The Hall–Kier alpha value is -3.20. The van der Waals surface area contributed by atoms with Gasteiger partial charge < -0.3 is 15.2 Å². The van der Waals surface area contributed by atoms with Gasteiger partial charge in [-0.15, -0.1) is 0 Å². The Bertz CT molecular complexity index is 1530. The molecule has 2 saturated heterocycles. The lowest BCUT2D eigenvalue weighted by molar-refractivity contribution is -0.0851. The fourth-order valence-electron chi connectivity index (χ4n) is 5.97. The number of carbonyl (C=O) groups is 1. The Balaban J connectivity index is 1.35. The number of carbonyl (C=O) groups excluding carboxylic acids is 1. The van der Waals surface area contributed by atoms with Crippen LogP contribution in [0.25, 0.3) is 28.0 Å². The highest BCUT2D eigenvalue weighted by Gasteiger charge is 2.72. The van der Waals surface area contributed by atoms with Gasteiger partial charge in [-0.2, -0.15) is 5.10 Å². The normalized spacial score (nSPS) is 24.2. The third-order valence-electron chi connectivity index (χ3n) is 7.83. The number of nitrogens with zero attached hydrogens (tertiary/aromatic N) is 4. The Morgan fingerprint density at radius 2 is 1.92 bits per heavy atom. The molecule has 5 heterocycles. The molecule has 1 saturated carbocycles. The summed E-state index contributed by atoms with van der Waals surface area (Å²) in [6, 6.07) is 11.5. The number of ether oxygens (including phenoxy) is 1. The molecule has 1 aliphatic carbocycles. The summed E-state index contributed by atoms with van der Waals surface area (Å²) in [5.74, 6) is -0.199. The maximum atomic E-state index is 13.3. The topological polar surface area (TPSA) is 93.7 Å². The number of aromatic nitrogens is 4. The Morgan fingerprint density at radius 1 is 1.19 bits per heavy atom. The van der Waals surface area contributed by atoms with Crippen molar-refractivity contribution in [3.8, 4) is 22.4 Å². The second-order valence-electron chi connectivity index (χ2n) is 10.6. The molecular formula is C27H28ClN5O3. The molecule has 0 unspecified atom stereocenters. The molecule has 3 aliphatic rings. The minimum absolute atomic E-state index is 0.0462. The third-order valence-corrected chi connectivity index (χ3v) is 8.19. The minimum atomic E-state index is -0.562. The van der Waals surface area contributed by atoms with Gasteiger partial charge in [-0.05, 0) is 38.5 Å². The zero-order valence-corrected chi connectivity index (χ0v) is 21.4. The van der Waals surface area contributed by atoms with Crippen LogP contribution in [0.3, 0.4) is 0 Å². The SMILES string of the molecule is Cc1nn(C)cc1-c1ccccc1-c1nc2cc(C(=O)NC34CC(CO)(C3)OC4(C)C)ccn2c1Cl. The maximum absolute atomic E-state index is 13.3. The first kappa shape index (κ1) is 23.2. The molecule has 1 aromatic carbocycles. The molecule has 2 bridgehead atoms. The molecule has 3 aromatic heterocycles. The molecule has 36 heavy (non-hydrogen) atoms. The predicted molar refractivity (Wildman–Crippen MR) is 137 cm³/mol. The molecule has 0 radical (unpaired) electrons. The van der Waals surface area contributed by atoms with Gasteiger partial charge in [0.1, 0.15) is 16.5 Å². The van der Waals surface area contributed by atoms with Gasteiger partial charge in [-0.3, -0.25) is 13.9 Å². The molecule has 0 atom stereocenters. The van der Waals surface area contributed by atoms with Crippen LogP contribution in [0.15, 0.2) is 48.8 Å². The number of aryl methyl sites for hydroxylation is 2. The number of amides is 1. The molecule has 9 heteroatoms. The average molecular weight is 506 g/mol. The summed E-state index contributed by atoms with van der Waals surface area (Å²) in [6.45, 7) is 5.85. The van der Waals surface area contributed by atoms with Crippen molar-refractivity contribution in [2.24, 2.45) is 7.05 Å². The lowest BCUT2D eigenvalue weighted by Crippen LogP contribution is -2.65. The number of hydrogen-bond donors (Lipinski definition) is 2. The molecule has 1 amide bonds. The standard InChI is InChI=1S/C27H28ClN5O3/c1-16-20(12-32(4)31-16)18-7-5-6-8-19(18)22-23(28)33-10-9-17(11-21(33)29-22)24(35)30-27-13-26(14-27,15-34)36-25(27,2)3/h5-12,34H,13-15H2,1-4H3,(H,30,35). The van der Waals surface area contributed by atoms with Gasteiger partial charge in [0.15, 0.2) is 0 Å². The van der Waals surface area contributed by atoms with Crippen molar-refractivity contribution in [1.82, 2.24) is 24.5 Å². The van der Waals surface area contributed by atoms with Gasteiger partial charge in [-0.1, -0.05) is 35.9 Å². The van der Waals surface area contributed by atoms with Crippen LogP contribution in [-0.2, 0) is 11.8 Å². The molecule has 2 N–H and O–H groups in total. The number of rotatable bonds is 5. The zero-order chi connectivity index (χ0) is 25.5. The summed E-state index contributed by atoms with van der Waals surface area (Å²) in [5, 5.41) is 17.9. The van der Waals surface area contributed by atoms with Crippen molar-refractivity contribution in [2.75, 3.05) is 6.61 Å². The molecule has 2 aliphatic heterocycles. The number of imidazole rings is 1. The summed E-state index contributed by atoms with van der Waals surface area (Å²) in [7, 11) is 1.90. The molecule has 7 rings (SSSR count). The lowest BCUT2D eigenvalue weighted by Gasteiger charge is -2.46. The first-order valence-corrected chi connectivity index (χ1v) is 12.4. The number of pyridine rings is 1. The number of fused-ring (bicyclic) bond motifs is 2. The molecule has 186 valence electrons. The zero-order valence-electron chi connectivity index (χ0n) is 20.7. The van der Waals surface area contributed by atoms with Crippen molar-refractivity contribution in [3.05, 3.63) is 65.2 Å². The highest BCUT2D eigenvalue weighted by molar-refractivity contribution is 6.32. The number of nitrogens with one attached hydrogen (secondary N) is 1. The van der Waals surface area contributed by atoms with E-state index in [-0.39, 0.29) is 12.5 Å². The second-order valence-corrected chi connectivity index (χ2v) is 10.9. The lowest BCUT2D eigenvalue weighted by atomic mass is 9.63. The van der Waals surface area contributed by atoms with Crippen LogP contribution in [0.2, 0.25) is 5.15 Å². The maximum Gasteiger partial charge on any atom is 0.252 e. The van der Waals surface area contributed by atoms with Crippen molar-refractivity contribution in [1.29, 1.82) is 0 Å². The van der Waals surface area contributed by atoms with E-state index in [0.29, 0.717) is 34.9 Å². The molecular weight excluding hydrogens is 478 g/mol. The van der Waals surface area contributed by atoms with E-state index in [4.69, 9.17) is 21.3 Å². The monoisotopic (exact) mass is 505 g/mol. The van der Waals surface area contributed by atoms with Crippen LogP contribution >= 0.6 is 11.6 Å². The van der Waals surface area contributed by atoms with E-state index in [1.165, 1.54) is 0 Å². The molecule has 3 fully saturated rings. The Kier molecular flexibility index (Phi) is 4.93. The first-order chi connectivity index (χ1) is 17.1. The van der Waals surface area contributed by atoms with E-state index >= 15 is 0 Å². The van der Waals surface area contributed by atoms with Crippen LogP contribution in [-0.4, -0.2) is 53.5 Å². The van der Waals surface area contributed by atoms with E-state index in [9.17, 15) is 9.90 Å². The number of hydrogen-bond acceptors (Lipinski definition) is 5. The fraction of sp³-hybridized carbons (Fsp3) is 0.370. The quantitative estimate of drug-likeness (QED) is 0.424. The van der Waals surface area contributed by atoms with Crippen LogP contribution in [0.5, 0.6) is 0 Å². The second kappa shape index (κ2) is 7.65. The van der Waals surface area contributed by atoms with E-state index in [2.05, 4.69) is 10.4 Å². The van der Waals surface area contributed by atoms with Gasteiger partial charge in [0.2, 0.25) is 0 Å². The Labute approximate surface area is 213 Å². The molecule has 0 spiro atoms. The van der Waals surface area contributed by atoms with Gasteiger partial charge >= 0.3 is 0 Å². The third kappa shape index (κ3) is 3.25. The van der Waals surface area contributed by atoms with Crippen LogP contribution < -0.4 is 5.32 Å². The summed E-state index contributed by atoms with van der Waals surface area (Å²) < 4.78 is 9.66. The fourth-order valence-corrected chi connectivity index (χ4v) is 6.26. The van der Waals surface area contributed by atoms with Crippen LogP contribution in [0.4, 0.5) is 0 Å². The first-order valence-electron chi connectivity index (χ1n) is 12.0. The number of benzene rings is 1. The largest absolute Gasteiger partial charge is 0.393 e. The molecule has 8 nitrogen and oxygen atoms in total. The average Bonchev–Trinajstić information content (AvgIpc) is 3.47. The van der Waals surface area contributed by atoms with Crippen molar-refractivity contribution in [2.45, 2.75) is 50.4 Å². The summed E-state index contributed by atoms with van der Waals surface area (Å²) in [5.41, 5.74) is 3.92. The van der Waals surface area contributed by atoms with E-state index in [1.54, 1.807) is 27.4 Å². The van der Waals surface area contributed by atoms with Crippen LogP contribution in [0.1, 0.15) is 42.7 Å². The van der Waals surface area contributed by atoms with E-state index in [0.717, 1.165) is 22.4 Å². The predicted octanol–water partition coefficient (Wildman–Crippen LogP) is 4.17. The number of halogens is 1. The smallest absolute Gasteiger partial charge is 0.252 e.